The largest absolute Gasteiger partial charge is 0.478 e. The fourth-order valence-corrected chi connectivity index (χ4v) is 3.69. The van der Waals surface area contributed by atoms with Gasteiger partial charge in [0.2, 0.25) is 0 Å². The number of carbonyl (C=O) groups excluding carboxylic acids is 1. The van der Waals surface area contributed by atoms with Gasteiger partial charge in [-0.2, -0.15) is 0 Å². The number of anilines is 1. The molecule has 1 amide bonds. The van der Waals surface area contributed by atoms with Gasteiger partial charge in [0.1, 0.15) is 0 Å². The van der Waals surface area contributed by atoms with Crippen molar-refractivity contribution in [2.75, 3.05) is 11.1 Å². The Hall–Kier alpha value is -2.67. The topological polar surface area (TPSA) is 101 Å². The molecule has 0 saturated carbocycles. The van der Waals surface area contributed by atoms with Gasteiger partial charge in [-0.05, 0) is 42.8 Å². The first-order valence-corrected chi connectivity index (χ1v) is 9.47. The molecule has 0 aliphatic carbocycles. The lowest BCUT2D eigenvalue weighted by Gasteiger charge is -2.09. The maximum atomic E-state index is 12.3. The standard InChI is InChI=1S/C18H19NO5S/c1-2-3-12-25(23,24)14-10-8-13(9-11-14)17(20)19-16-7-5-4-6-15(16)18(21)22/h4-11H,2-3,12H2,1H3,(H,19,20)(H,21,22). The van der Waals surface area contributed by atoms with Crippen LogP contribution in [-0.2, 0) is 9.84 Å². The van der Waals surface area contributed by atoms with Crippen molar-refractivity contribution in [2.45, 2.75) is 24.7 Å². The summed E-state index contributed by atoms with van der Waals surface area (Å²) >= 11 is 0. The maximum Gasteiger partial charge on any atom is 0.337 e. The zero-order valence-electron chi connectivity index (χ0n) is 13.7. The molecular formula is C18H19NO5S. The van der Waals surface area contributed by atoms with Gasteiger partial charge in [0.25, 0.3) is 5.91 Å². The molecule has 7 heteroatoms. The number of nitrogens with one attached hydrogen (secondary N) is 1. The Labute approximate surface area is 146 Å². The molecule has 0 aromatic heterocycles. The average molecular weight is 361 g/mol. The lowest BCUT2D eigenvalue weighted by Crippen LogP contribution is -2.15. The van der Waals surface area contributed by atoms with Gasteiger partial charge in [-0.25, -0.2) is 13.2 Å². The highest BCUT2D eigenvalue weighted by atomic mass is 32.2. The summed E-state index contributed by atoms with van der Waals surface area (Å²) < 4.78 is 24.2. The van der Waals surface area contributed by atoms with E-state index in [4.69, 9.17) is 5.11 Å². The molecule has 2 rings (SSSR count). The summed E-state index contributed by atoms with van der Waals surface area (Å²) in [4.78, 5) is 23.6. The van der Waals surface area contributed by atoms with E-state index in [9.17, 15) is 18.0 Å². The molecule has 0 aliphatic rings. The molecule has 0 bridgehead atoms. The van der Waals surface area contributed by atoms with Gasteiger partial charge >= 0.3 is 5.97 Å². The van der Waals surface area contributed by atoms with E-state index in [1.807, 2.05) is 6.92 Å². The number of rotatable bonds is 7. The van der Waals surface area contributed by atoms with Crippen LogP contribution >= 0.6 is 0 Å². The first-order valence-electron chi connectivity index (χ1n) is 7.81. The second-order valence-corrected chi connectivity index (χ2v) is 7.61. The highest BCUT2D eigenvalue weighted by Gasteiger charge is 2.16. The number of hydrogen-bond acceptors (Lipinski definition) is 4. The molecule has 0 fully saturated rings. The van der Waals surface area contributed by atoms with Crippen LogP contribution in [0.4, 0.5) is 5.69 Å². The molecule has 25 heavy (non-hydrogen) atoms. The van der Waals surface area contributed by atoms with Gasteiger partial charge < -0.3 is 10.4 Å². The molecule has 6 nitrogen and oxygen atoms in total. The van der Waals surface area contributed by atoms with E-state index >= 15 is 0 Å². The minimum Gasteiger partial charge on any atom is -0.478 e. The third kappa shape index (κ3) is 4.67. The van der Waals surface area contributed by atoms with Crippen molar-refractivity contribution in [3.8, 4) is 0 Å². The molecule has 132 valence electrons. The average Bonchev–Trinajstić information content (AvgIpc) is 2.60. The van der Waals surface area contributed by atoms with Crippen LogP contribution in [0.25, 0.3) is 0 Å². The summed E-state index contributed by atoms with van der Waals surface area (Å²) in [5, 5.41) is 11.7. The van der Waals surface area contributed by atoms with Gasteiger partial charge in [-0.3, -0.25) is 4.79 Å². The van der Waals surface area contributed by atoms with E-state index < -0.39 is 21.7 Å². The molecule has 2 aromatic carbocycles. The second kappa shape index (κ2) is 7.94. The Morgan fingerprint density at radius 2 is 1.68 bits per heavy atom. The number of carboxylic acids is 1. The first-order chi connectivity index (χ1) is 11.8. The maximum absolute atomic E-state index is 12.3. The van der Waals surface area contributed by atoms with Crippen LogP contribution in [-0.4, -0.2) is 31.2 Å². The minimum absolute atomic E-state index is 0.0189. The molecular weight excluding hydrogens is 342 g/mol. The zero-order chi connectivity index (χ0) is 18.4. The Morgan fingerprint density at radius 1 is 1.04 bits per heavy atom. The van der Waals surface area contributed by atoms with Crippen molar-refractivity contribution in [1.82, 2.24) is 0 Å². The smallest absolute Gasteiger partial charge is 0.337 e. The number of carboxylic acid groups (broad SMARTS) is 1. The quantitative estimate of drug-likeness (QED) is 0.789. The molecule has 0 unspecified atom stereocenters. The van der Waals surface area contributed by atoms with Crippen molar-refractivity contribution < 1.29 is 23.1 Å². The van der Waals surface area contributed by atoms with Crippen molar-refractivity contribution >= 4 is 27.4 Å². The molecule has 0 radical (unpaired) electrons. The van der Waals surface area contributed by atoms with Crippen molar-refractivity contribution in [3.05, 3.63) is 59.7 Å². The van der Waals surface area contributed by atoms with E-state index in [1.165, 1.54) is 36.4 Å². The number of hydrogen-bond donors (Lipinski definition) is 2. The monoisotopic (exact) mass is 361 g/mol. The fourth-order valence-electron chi connectivity index (χ4n) is 2.24. The third-order valence-corrected chi connectivity index (χ3v) is 5.46. The van der Waals surface area contributed by atoms with Crippen molar-refractivity contribution in [1.29, 1.82) is 0 Å². The Kier molecular flexibility index (Phi) is 5.93. The van der Waals surface area contributed by atoms with Gasteiger partial charge in [0, 0.05) is 5.56 Å². The van der Waals surface area contributed by atoms with Gasteiger partial charge in [-0.1, -0.05) is 25.5 Å². The molecule has 0 spiro atoms. The molecule has 0 aliphatic heterocycles. The van der Waals surface area contributed by atoms with Gasteiger partial charge in [0.15, 0.2) is 9.84 Å². The van der Waals surface area contributed by atoms with Gasteiger partial charge in [0.05, 0.1) is 21.9 Å². The SMILES string of the molecule is CCCCS(=O)(=O)c1ccc(C(=O)Nc2ccccc2C(=O)O)cc1. The first kappa shape index (κ1) is 18.7. The Bertz CT molecular complexity index is 873. The van der Waals surface area contributed by atoms with Crippen LogP contribution in [0.5, 0.6) is 0 Å². The summed E-state index contributed by atoms with van der Waals surface area (Å²) in [6.07, 6.45) is 1.36. The van der Waals surface area contributed by atoms with Crippen LogP contribution in [0.15, 0.2) is 53.4 Å². The summed E-state index contributed by atoms with van der Waals surface area (Å²) in [7, 11) is -3.35. The van der Waals surface area contributed by atoms with Gasteiger partial charge in [-0.15, -0.1) is 0 Å². The van der Waals surface area contributed by atoms with E-state index in [2.05, 4.69) is 5.32 Å². The molecule has 2 N–H and O–H groups in total. The van der Waals surface area contributed by atoms with E-state index in [0.29, 0.717) is 6.42 Å². The molecule has 2 aromatic rings. The van der Waals surface area contributed by atoms with Crippen LogP contribution in [0.2, 0.25) is 0 Å². The summed E-state index contributed by atoms with van der Waals surface area (Å²) in [5.41, 5.74) is 0.406. The number of amides is 1. The van der Waals surface area contributed by atoms with E-state index in [0.717, 1.165) is 6.42 Å². The third-order valence-electron chi connectivity index (χ3n) is 3.65. The summed E-state index contributed by atoms with van der Waals surface area (Å²) in [6, 6.07) is 11.7. The summed E-state index contributed by atoms with van der Waals surface area (Å²) in [6.45, 7) is 1.91. The molecule has 0 atom stereocenters. The number of carbonyl (C=O) groups is 2. The van der Waals surface area contributed by atoms with Crippen molar-refractivity contribution in [3.63, 3.8) is 0 Å². The minimum atomic E-state index is -3.35. The van der Waals surface area contributed by atoms with E-state index in [-0.39, 0.29) is 27.5 Å². The molecule has 0 heterocycles. The van der Waals surface area contributed by atoms with E-state index in [1.54, 1.807) is 12.1 Å². The number of aromatic carboxylic acids is 1. The van der Waals surface area contributed by atoms with Crippen LogP contribution in [0, 0.1) is 0 Å². The predicted molar refractivity (Wildman–Crippen MR) is 94.8 cm³/mol. The Morgan fingerprint density at radius 3 is 2.28 bits per heavy atom. The Balaban J connectivity index is 2.18. The summed E-state index contributed by atoms with van der Waals surface area (Å²) in [5.74, 6) is -1.58. The highest BCUT2D eigenvalue weighted by Crippen LogP contribution is 2.18. The van der Waals surface area contributed by atoms with Crippen molar-refractivity contribution in [2.24, 2.45) is 0 Å². The number of benzene rings is 2. The lowest BCUT2D eigenvalue weighted by atomic mass is 10.1. The number of para-hydroxylation sites is 1. The molecule has 0 saturated heterocycles. The zero-order valence-corrected chi connectivity index (χ0v) is 14.5. The van der Waals surface area contributed by atoms with Crippen LogP contribution in [0.3, 0.4) is 0 Å². The van der Waals surface area contributed by atoms with Crippen LogP contribution in [0.1, 0.15) is 40.5 Å². The normalized spacial score (nSPS) is 11.1. The lowest BCUT2D eigenvalue weighted by molar-refractivity contribution is 0.0698. The highest BCUT2D eigenvalue weighted by molar-refractivity contribution is 7.91. The predicted octanol–water partition coefficient (Wildman–Crippen LogP) is 3.21. The second-order valence-electron chi connectivity index (χ2n) is 5.50. The number of unbranched alkanes of at least 4 members (excludes halogenated alkanes) is 1. The fraction of sp³-hybridized carbons (Fsp3) is 0.222. The van der Waals surface area contributed by atoms with Crippen LogP contribution < -0.4 is 5.32 Å². The number of sulfone groups is 1.